The van der Waals surface area contributed by atoms with Gasteiger partial charge in [-0.1, -0.05) is 6.07 Å². The fourth-order valence-electron chi connectivity index (χ4n) is 1.07. The van der Waals surface area contributed by atoms with Gasteiger partial charge in [-0.25, -0.2) is 0 Å². The van der Waals surface area contributed by atoms with E-state index >= 15 is 0 Å². The van der Waals surface area contributed by atoms with Crippen molar-refractivity contribution in [1.82, 2.24) is 0 Å². The molecule has 0 unspecified atom stereocenters. The molecule has 0 aliphatic carbocycles. The smallest absolute Gasteiger partial charge is 0.406 e. The third-order valence-corrected chi connectivity index (χ3v) is 1.64. The Labute approximate surface area is 93.2 Å². The summed E-state index contributed by atoms with van der Waals surface area (Å²) in [6.07, 6.45) is -11.8. The first-order valence-electron chi connectivity index (χ1n) is 4.36. The molecule has 0 bridgehead atoms. The van der Waals surface area contributed by atoms with Crippen LogP contribution < -0.4 is 4.74 Å². The molecule has 7 heteroatoms. The van der Waals surface area contributed by atoms with Gasteiger partial charge in [0.2, 0.25) is 0 Å². The zero-order valence-corrected chi connectivity index (χ0v) is 8.26. The van der Waals surface area contributed by atoms with E-state index < -0.39 is 24.5 Å². The maximum atomic E-state index is 12.8. The van der Waals surface area contributed by atoms with Crippen LogP contribution in [0.5, 0.6) is 5.75 Å². The summed E-state index contributed by atoms with van der Waals surface area (Å²) >= 11 is 0. The molecular formula is C10H6F5NO. The highest BCUT2D eigenvalue weighted by Crippen LogP contribution is 2.33. The van der Waals surface area contributed by atoms with Crippen LogP contribution in [0.3, 0.4) is 0 Å². The van der Waals surface area contributed by atoms with Crippen LogP contribution >= 0.6 is 0 Å². The van der Waals surface area contributed by atoms with Crippen LogP contribution in [0.15, 0.2) is 24.3 Å². The second kappa shape index (κ2) is 4.57. The molecule has 0 amide bonds. The van der Waals surface area contributed by atoms with E-state index in [2.05, 4.69) is 4.74 Å². The Morgan fingerprint density at radius 2 is 1.82 bits per heavy atom. The number of ether oxygens (including phenoxy) is 1. The van der Waals surface area contributed by atoms with Crippen LogP contribution in [0.2, 0.25) is 0 Å². The molecule has 0 saturated heterocycles. The van der Waals surface area contributed by atoms with Crippen molar-refractivity contribution in [2.75, 3.05) is 0 Å². The fourth-order valence-corrected chi connectivity index (χ4v) is 1.07. The van der Waals surface area contributed by atoms with Gasteiger partial charge in [0.25, 0.3) is 0 Å². The number of benzene rings is 1. The van der Waals surface area contributed by atoms with E-state index in [-0.39, 0.29) is 5.56 Å². The van der Waals surface area contributed by atoms with Gasteiger partial charge < -0.3 is 4.74 Å². The van der Waals surface area contributed by atoms with Crippen molar-refractivity contribution >= 4 is 0 Å². The van der Waals surface area contributed by atoms with Crippen molar-refractivity contribution in [3.05, 3.63) is 29.8 Å². The lowest BCUT2D eigenvalue weighted by Crippen LogP contribution is -2.31. The second-order valence-electron chi connectivity index (χ2n) is 3.17. The predicted molar refractivity (Wildman–Crippen MR) is 47.4 cm³/mol. The fraction of sp³-hybridized carbons (Fsp3) is 0.300. The summed E-state index contributed by atoms with van der Waals surface area (Å²) in [5, 5.41) is 8.47. The van der Waals surface area contributed by atoms with Crippen LogP contribution in [0, 0.1) is 11.3 Å². The highest BCUT2D eigenvalue weighted by molar-refractivity contribution is 5.36. The van der Waals surface area contributed by atoms with Crippen molar-refractivity contribution in [2.45, 2.75) is 18.7 Å². The summed E-state index contributed by atoms with van der Waals surface area (Å²) in [6, 6.07) is 6.18. The van der Waals surface area contributed by atoms with Gasteiger partial charge in [0.05, 0.1) is 11.6 Å². The molecule has 17 heavy (non-hydrogen) atoms. The first-order valence-corrected chi connectivity index (χ1v) is 4.36. The summed E-state index contributed by atoms with van der Waals surface area (Å²) in [6.45, 7) is 0. The Balaban J connectivity index is 2.79. The molecule has 0 N–H and O–H groups in total. The first-order chi connectivity index (χ1) is 7.72. The Bertz CT molecular complexity index is 435. The van der Waals surface area contributed by atoms with Crippen molar-refractivity contribution in [3.8, 4) is 11.8 Å². The number of alkyl halides is 5. The largest absolute Gasteiger partial charge is 0.432 e. The molecule has 0 radical (unpaired) electrons. The average molecular weight is 251 g/mol. The number of nitriles is 1. The van der Waals surface area contributed by atoms with Gasteiger partial charge in [-0.2, -0.15) is 27.2 Å². The van der Waals surface area contributed by atoms with Gasteiger partial charge in [0.1, 0.15) is 12.2 Å². The number of nitrogens with zero attached hydrogens (tertiary/aromatic N) is 1. The quantitative estimate of drug-likeness (QED) is 0.770. The molecule has 0 aliphatic rings. The molecule has 92 valence electrons. The highest BCUT2D eigenvalue weighted by atomic mass is 19.4. The predicted octanol–water partition coefficient (Wildman–Crippen LogP) is 3.48. The maximum Gasteiger partial charge on any atom is 0.406 e. The SMILES string of the molecule is N#Cc1cccc(OC(F)(F)CC(F)(F)F)c1. The third-order valence-electron chi connectivity index (χ3n) is 1.64. The van der Waals surface area contributed by atoms with Crippen LogP contribution in [-0.2, 0) is 0 Å². The summed E-state index contributed by atoms with van der Waals surface area (Å²) in [5.74, 6) is -0.488. The van der Waals surface area contributed by atoms with Crippen molar-refractivity contribution in [2.24, 2.45) is 0 Å². The second-order valence-corrected chi connectivity index (χ2v) is 3.17. The van der Waals surface area contributed by atoms with Crippen LogP contribution in [0.4, 0.5) is 22.0 Å². The lowest BCUT2D eigenvalue weighted by atomic mass is 10.2. The van der Waals surface area contributed by atoms with Crippen LogP contribution in [0.1, 0.15) is 12.0 Å². The number of rotatable bonds is 3. The van der Waals surface area contributed by atoms with E-state index in [4.69, 9.17) is 5.26 Å². The first kappa shape index (κ1) is 13.2. The van der Waals surface area contributed by atoms with Gasteiger partial charge in [-0.05, 0) is 18.2 Å². The molecule has 0 atom stereocenters. The summed E-state index contributed by atoms with van der Waals surface area (Å²) in [4.78, 5) is 0. The van der Waals surface area contributed by atoms with E-state index in [1.807, 2.05) is 0 Å². The zero-order valence-electron chi connectivity index (χ0n) is 8.26. The van der Waals surface area contributed by atoms with E-state index in [0.29, 0.717) is 0 Å². The number of hydrogen-bond donors (Lipinski definition) is 0. The van der Waals surface area contributed by atoms with Gasteiger partial charge in [0, 0.05) is 0 Å². The number of halogens is 5. The molecule has 0 heterocycles. The lowest BCUT2D eigenvalue weighted by molar-refractivity contribution is -0.255. The van der Waals surface area contributed by atoms with Gasteiger partial charge >= 0.3 is 12.3 Å². The average Bonchev–Trinajstić information content (AvgIpc) is 2.13. The van der Waals surface area contributed by atoms with Gasteiger partial charge in [-0.15, -0.1) is 0 Å². The Morgan fingerprint density at radius 3 is 2.35 bits per heavy atom. The minimum atomic E-state index is -5.03. The zero-order chi connectivity index (χ0) is 13.1. The Kier molecular flexibility index (Phi) is 3.56. The molecule has 1 aromatic carbocycles. The van der Waals surface area contributed by atoms with Crippen LogP contribution in [-0.4, -0.2) is 12.3 Å². The standard InChI is InChI=1S/C10H6F5NO/c11-9(12,13)6-10(14,15)17-8-3-1-2-7(4-8)5-16/h1-4H,6H2. The summed E-state index contributed by atoms with van der Waals surface area (Å²) in [7, 11) is 0. The molecular weight excluding hydrogens is 245 g/mol. The van der Waals surface area contributed by atoms with Gasteiger partial charge in [0.15, 0.2) is 0 Å². The van der Waals surface area contributed by atoms with E-state index in [9.17, 15) is 22.0 Å². The Hall–Kier alpha value is -1.84. The van der Waals surface area contributed by atoms with E-state index in [1.54, 1.807) is 6.07 Å². The number of hydrogen-bond acceptors (Lipinski definition) is 2. The molecule has 0 saturated carbocycles. The molecule has 1 rings (SSSR count). The normalized spacial score (nSPS) is 12.0. The third kappa shape index (κ3) is 4.68. The van der Waals surface area contributed by atoms with E-state index in [1.165, 1.54) is 12.1 Å². The summed E-state index contributed by atoms with van der Waals surface area (Å²) in [5.41, 5.74) is 0.0188. The monoisotopic (exact) mass is 251 g/mol. The molecule has 0 fully saturated rings. The molecule has 2 nitrogen and oxygen atoms in total. The van der Waals surface area contributed by atoms with Crippen molar-refractivity contribution in [1.29, 1.82) is 5.26 Å². The molecule has 1 aromatic rings. The molecule has 0 aromatic heterocycles. The van der Waals surface area contributed by atoms with Crippen LogP contribution in [0.25, 0.3) is 0 Å². The van der Waals surface area contributed by atoms with Crippen molar-refractivity contribution in [3.63, 3.8) is 0 Å². The summed E-state index contributed by atoms with van der Waals surface area (Å²) < 4.78 is 64.9. The Morgan fingerprint density at radius 1 is 1.18 bits per heavy atom. The van der Waals surface area contributed by atoms with Crippen molar-refractivity contribution < 1.29 is 26.7 Å². The van der Waals surface area contributed by atoms with E-state index in [0.717, 1.165) is 12.1 Å². The minimum Gasteiger partial charge on any atom is -0.432 e. The minimum absolute atomic E-state index is 0.0188. The van der Waals surface area contributed by atoms with Gasteiger partial charge in [-0.3, -0.25) is 0 Å². The molecule has 0 aliphatic heterocycles. The highest BCUT2D eigenvalue weighted by Gasteiger charge is 2.45. The maximum absolute atomic E-state index is 12.8. The topological polar surface area (TPSA) is 33.0 Å². The molecule has 0 spiro atoms. The lowest BCUT2D eigenvalue weighted by Gasteiger charge is -2.19.